The van der Waals surface area contributed by atoms with E-state index in [9.17, 15) is 4.79 Å². The third-order valence-electron chi connectivity index (χ3n) is 4.57. The summed E-state index contributed by atoms with van der Waals surface area (Å²) >= 11 is 6.10. The quantitative estimate of drug-likeness (QED) is 0.629. The first-order chi connectivity index (χ1) is 14.2. The van der Waals surface area contributed by atoms with Crippen LogP contribution in [-0.4, -0.2) is 25.2 Å². The Morgan fingerprint density at radius 3 is 2.66 bits per heavy atom. The van der Waals surface area contributed by atoms with Gasteiger partial charge in [0.05, 0.1) is 10.6 Å². The molecule has 6 heteroatoms. The van der Waals surface area contributed by atoms with Crippen molar-refractivity contribution in [1.82, 2.24) is 5.32 Å². The first kappa shape index (κ1) is 19.3. The molecule has 29 heavy (non-hydrogen) atoms. The number of para-hydroxylation sites is 2. The summed E-state index contributed by atoms with van der Waals surface area (Å²) in [6.45, 7) is 1.82. The highest BCUT2D eigenvalue weighted by molar-refractivity contribution is 6.34. The maximum Gasteiger partial charge on any atom is 0.257 e. The minimum Gasteiger partial charge on any atom is -0.486 e. The Bertz CT molecular complexity index is 1010. The molecular weight excluding hydrogens is 388 g/mol. The second-order valence-electron chi connectivity index (χ2n) is 6.76. The summed E-state index contributed by atoms with van der Waals surface area (Å²) in [5.41, 5.74) is 2.23. The molecule has 0 radical (unpaired) electrons. The molecule has 0 spiro atoms. The van der Waals surface area contributed by atoms with Crippen molar-refractivity contribution in [3.8, 4) is 11.5 Å². The van der Waals surface area contributed by atoms with Crippen LogP contribution >= 0.6 is 11.6 Å². The molecule has 0 fully saturated rings. The summed E-state index contributed by atoms with van der Waals surface area (Å²) < 4.78 is 11.7. The highest BCUT2D eigenvalue weighted by Crippen LogP contribution is 2.30. The minimum atomic E-state index is -0.230. The standard InChI is InChI=1S/C23H21ClN2O3/c24-20-9-2-1-8-19(20)23(27)26-17-7-5-6-16(12-17)13-25-14-18-15-28-21-10-3-4-11-22(21)29-18/h1-12,18,25H,13-15H2,(H,26,27)/t18-/m1/s1. The van der Waals surface area contributed by atoms with Gasteiger partial charge in [0.25, 0.3) is 5.91 Å². The zero-order valence-electron chi connectivity index (χ0n) is 15.7. The van der Waals surface area contributed by atoms with E-state index < -0.39 is 0 Å². The number of anilines is 1. The minimum absolute atomic E-state index is 0.0481. The third kappa shape index (κ3) is 4.88. The van der Waals surface area contributed by atoms with Crippen molar-refractivity contribution in [3.63, 3.8) is 0 Å². The van der Waals surface area contributed by atoms with Crippen molar-refractivity contribution >= 4 is 23.2 Å². The van der Waals surface area contributed by atoms with Crippen LogP contribution in [0.15, 0.2) is 72.8 Å². The van der Waals surface area contributed by atoms with Gasteiger partial charge < -0.3 is 20.1 Å². The molecule has 0 saturated heterocycles. The Hall–Kier alpha value is -3.02. The molecule has 0 unspecified atom stereocenters. The lowest BCUT2D eigenvalue weighted by Gasteiger charge is -2.26. The number of carbonyl (C=O) groups is 1. The topological polar surface area (TPSA) is 59.6 Å². The van der Waals surface area contributed by atoms with Gasteiger partial charge in [0, 0.05) is 18.8 Å². The van der Waals surface area contributed by atoms with Crippen LogP contribution in [0, 0.1) is 0 Å². The maximum absolute atomic E-state index is 12.4. The summed E-state index contributed by atoms with van der Waals surface area (Å²) in [6, 6.07) is 22.4. The van der Waals surface area contributed by atoms with Crippen LogP contribution in [0.1, 0.15) is 15.9 Å². The first-order valence-corrected chi connectivity index (χ1v) is 9.81. The second-order valence-corrected chi connectivity index (χ2v) is 7.17. The smallest absolute Gasteiger partial charge is 0.257 e. The third-order valence-corrected chi connectivity index (χ3v) is 4.90. The fraction of sp³-hybridized carbons (Fsp3) is 0.174. The molecule has 0 bridgehead atoms. The van der Waals surface area contributed by atoms with E-state index in [4.69, 9.17) is 21.1 Å². The van der Waals surface area contributed by atoms with Gasteiger partial charge in [-0.15, -0.1) is 0 Å². The van der Waals surface area contributed by atoms with Crippen molar-refractivity contribution in [2.24, 2.45) is 0 Å². The molecule has 1 heterocycles. The molecule has 3 aromatic rings. The lowest BCUT2D eigenvalue weighted by molar-refractivity contribution is 0.0902. The van der Waals surface area contributed by atoms with Crippen molar-refractivity contribution < 1.29 is 14.3 Å². The Morgan fingerprint density at radius 2 is 1.79 bits per heavy atom. The first-order valence-electron chi connectivity index (χ1n) is 9.43. The molecule has 0 aromatic heterocycles. The molecule has 1 amide bonds. The van der Waals surface area contributed by atoms with E-state index >= 15 is 0 Å². The molecule has 3 aromatic carbocycles. The van der Waals surface area contributed by atoms with Gasteiger partial charge in [-0.2, -0.15) is 0 Å². The number of amides is 1. The number of hydrogen-bond donors (Lipinski definition) is 2. The normalized spacial score (nSPS) is 15.0. The van der Waals surface area contributed by atoms with Crippen LogP contribution in [0.25, 0.3) is 0 Å². The van der Waals surface area contributed by atoms with Gasteiger partial charge in [-0.3, -0.25) is 4.79 Å². The molecule has 0 saturated carbocycles. The maximum atomic E-state index is 12.4. The van der Waals surface area contributed by atoms with Crippen LogP contribution < -0.4 is 20.1 Å². The monoisotopic (exact) mass is 408 g/mol. The zero-order valence-corrected chi connectivity index (χ0v) is 16.5. The van der Waals surface area contributed by atoms with Crippen LogP contribution in [0.4, 0.5) is 5.69 Å². The van der Waals surface area contributed by atoms with Gasteiger partial charge in [0.15, 0.2) is 11.5 Å². The summed E-state index contributed by atoms with van der Waals surface area (Å²) in [5.74, 6) is 1.33. The summed E-state index contributed by atoms with van der Waals surface area (Å²) in [7, 11) is 0. The van der Waals surface area contributed by atoms with Gasteiger partial charge in [-0.1, -0.05) is 48.0 Å². The number of fused-ring (bicyclic) bond motifs is 1. The van der Waals surface area contributed by atoms with E-state index in [0.29, 0.717) is 30.3 Å². The van der Waals surface area contributed by atoms with Crippen LogP contribution in [0.2, 0.25) is 5.02 Å². The molecule has 1 aliphatic rings. The van der Waals surface area contributed by atoms with Gasteiger partial charge in [-0.05, 0) is 42.0 Å². The zero-order chi connectivity index (χ0) is 20.1. The average Bonchev–Trinajstić information content (AvgIpc) is 2.74. The lowest BCUT2D eigenvalue weighted by Crippen LogP contribution is -2.38. The summed E-state index contributed by atoms with van der Waals surface area (Å²) in [6.07, 6.45) is -0.0481. The molecule has 4 rings (SSSR count). The number of benzene rings is 3. The molecule has 2 N–H and O–H groups in total. The molecule has 0 aliphatic carbocycles. The Labute approximate surface area is 174 Å². The average molecular weight is 409 g/mol. The predicted octanol–water partition coefficient (Wildman–Crippen LogP) is 4.52. The number of ether oxygens (including phenoxy) is 2. The number of halogens is 1. The summed E-state index contributed by atoms with van der Waals surface area (Å²) in [5, 5.41) is 6.71. The molecule has 1 atom stereocenters. The lowest BCUT2D eigenvalue weighted by atomic mass is 10.1. The van der Waals surface area contributed by atoms with E-state index in [2.05, 4.69) is 10.6 Å². The van der Waals surface area contributed by atoms with E-state index in [-0.39, 0.29) is 12.0 Å². The van der Waals surface area contributed by atoms with E-state index in [1.807, 2.05) is 48.5 Å². The Morgan fingerprint density at radius 1 is 1.00 bits per heavy atom. The SMILES string of the molecule is O=C(Nc1cccc(CNC[C@@H]2COc3ccccc3O2)c1)c1ccccc1Cl. The highest BCUT2D eigenvalue weighted by Gasteiger charge is 2.20. The van der Waals surface area contributed by atoms with Crippen molar-refractivity contribution in [2.75, 3.05) is 18.5 Å². The van der Waals surface area contributed by atoms with Crippen LogP contribution in [0.3, 0.4) is 0 Å². The fourth-order valence-electron chi connectivity index (χ4n) is 3.14. The number of carbonyl (C=O) groups excluding carboxylic acids is 1. The number of nitrogens with one attached hydrogen (secondary N) is 2. The van der Waals surface area contributed by atoms with E-state index in [0.717, 1.165) is 22.7 Å². The van der Waals surface area contributed by atoms with E-state index in [1.165, 1.54) is 0 Å². The second kappa shape index (κ2) is 8.99. The van der Waals surface area contributed by atoms with Gasteiger partial charge >= 0.3 is 0 Å². The van der Waals surface area contributed by atoms with Crippen molar-refractivity contribution in [1.29, 1.82) is 0 Å². The van der Waals surface area contributed by atoms with Crippen LogP contribution in [-0.2, 0) is 6.54 Å². The highest BCUT2D eigenvalue weighted by atomic mass is 35.5. The predicted molar refractivity (Wildman–Crippen MR) is 114 cm³/mol. The molecule has 1 aliphatic heterocycles. The van der Waals surface area contributed by atoms with E-state index in [1.54, 1.807) is 24.3 Å². The Balaban J connectivity index is 1.30. The fourth-order valence-corrected chi connectivity index (χ4v) is 3.37. The van der Waals surface area contributed by atoms with Crippen molar-refractivity contribution in [2.45, 2.75) is 12.6 Å². The van der Waals surface area contributed by atoms with Gasteiger partial charge in [-0.25, -0.2) is 0 Å². The number of hydrogen-bond acceptors (Lipinski definition) is 4. The molecule has 148 valence electrons. The van der Waals surface area contributed by atoms with Gasteiger partial charge in [0.1, 0.15) is 12.7 Å². The molecular formula is C23H21ClN2O3. The van der Waals surface area contributed by atoms with Crippen molar-refractivity contribution in [3.05, 3.63) is 88.9 Å². The van der Waals surface area contributed by atoms with Gasteiger partial charge in [0.2, 0.25) is 0 Å². The summed E-state index contributed by atoms with van der Waals surface area (Å²) in [4.78, 5) is 12.4. The molecule has 5 nitrogen and oxygen atoms in total. The number of rotatable bonds is 6. The van der Waals surface area contributed by atoms with Crippen LogP contribution in [0.5, 0.6) is 11.5 Å². The Kier molecular flexibility index (Phi) is 5.98. The largest absolute Gasteiger partial charge is 0.486 e.